The number of rotatable bonds is 10. The Kier molecular flexibility index (Phi) is 10.2. The number of carbonyl (C=O) groups is 1. The number of benzene rings is 1. The van der Waals surface area contributed by atoms with E-state index in [1.54, 1.807) is 18.2 Å². The lowest BCUT2D eigenvalue weighted by atomic mass is 9.97. The van der Waals surface area contributed by atoms with E-state index in [0.29, 0.717) is 69.4 Å². The molecule has 4 rings (SSSR count). The van der Waals surface area contributed by atoms with Crippen LogP contribution in [0.15, 0.2) is 34.4 Å². The highest BCUT2D eigenvalue weighted by Gasteiger charge is 2.40. The van der Waals surface area contributed by atoms with Gasteiger partial charge < -0.3 is 25.0 Å². The molecule has 1 saturated heterocycles. The highest BCUT2D eigenvalue weighted by molar-refractivity contribution is 7.89. The lowest BCUT2D eigenvalue weighted by Crippen LogP contribution is -2.48. The number of piperazine rings is 1. The summed E-state index contributed by atoms with van der Waals surface area (Å²) in [5, 5.41) is 12.2. The van der Waals surface area contributed by atoms with Gasteiger partial charge in [-0.15, -0.1) is 12.4 Å². The molecule has 37 heavy (non-hydrogen) atoms. The van der Waals surface area contributed by atoms with E-state index in [1.807, 2.05) is 18.9 Å². The molecule has 0 radical (unpaired) electrons. The Morgan fingerprint density at radius 2 is 1.84 bits per heavy atom. The second kappa shape index (κ2) is 12.8. The van der Waals surface area contributed by atoms with Crippen molar-refractivity contribution in [1.29, 1.82) is 0 Å². The Morgan fingerprint density at radius 3 is 2.49 bits per heavy atom. The molecule has 3 heterocycles. The van der Waals surface area contributed by atoms with Gasteiger partial charge in [0, 0.05) is 58.5 Å². The number of hydrogen-bond donors (Lipinski definition) is 2. The van der Waals surface area contributed by atoms with Gasteiger partial charge in [-0.1, -0.05) is 6.92 Å². The maximum Gasteiger partial charge on any atom is 0.268 e. The lowest BCUT2D eigenvalue weighted by Gasteiger charge is -2.35. The molecule has 0 spiro atoms. The zero-order chi connectivity index (χ0) is 25.9. The Hall–Kier alpha value is -1.89. The predicted octanol–water partition coefficient (Wildman–Crippen LogP) is 1.24. The average Bonchev–Trinajstić information content (AvgIpc) is 3.20. The predicted molar refractivity (Wildman–Crippen MR) is 144 cm³/mol. The Labute approximate surface area is 226 Å². The SMILES string of the molecule is CCCN1CC2=C(C(=O)NC2c2cc(S(=O)(=O)N3CCN(CCCO)CC3)ccc2OCC)N(C)C1.Cl. The molecule has 10 nitrogen and oxygen atoms in total. The molecule has 3 aliphatic heterocycles. The van der Waals surface area contributed by atoms with Crippen LogP contribution >= 0.6 is 12.4 Å². The number of aliphatic hydroxyl groups is 1. The van der Waals surface area contributed by atoms with E-state index in [2.05, 4.69) is 22.0 Å². The van der Waals surface area contributed by atoms with E-state index in [-0.39, 0.29) is 29.8 Å². The van der Waals surface area contributed by atoms with Crippen LogP contribution in [-0.2, 0) is 14.8 Å². The third-order valence-electron chi connectivity index (χ3n) is 7.06. The van der Waals surface area contributed by atoms with Crippen molar-refractivity contribution < 1.29 is 23.1 Å². The largest absolute Gasteiger partial charge is 0.494 e. The molecule has 1 atom stereocenters. The van der Waals surface area contributed by atoms with Gasteiger partial charge in [0.25, 0.3) is 5.91 Å². The van der Waals surface area contributed by atoms with E-state index in [4.69, 9.17) is 9.84 Å². The molecule has 1 unspecified atom stereocenters. The summed E-state index contributed by atoms with van der Waals surface area (Å²) in [5.41, 5.74) is 2.29. The molecule has 12 heteroatoms. The smallest absolute Gasteiger partial charge is 0.268 e. The number of amides is 1. The Bertz CT molecular complexity index is 1090. The van der Waals surface area contributed by atoms with Gasteiger partial charge >= 0.3 is 0 Å². The van der Waals surface area contributed by atoms with Crippen molar-refractivity contribution in [3.8, 4) is 5.75 Å². The van der Waals surface area contributed by atoms with E-state index in [9.17, 15) is 13.2 Å². The first-order chi connectivity index (χ1) is 17.3. The quantitative estimate of drug-likeness (QED) is 0.443. The van der Waals surface area contributed by atoms with Crippen LogP contribution in [0.2, 0.25) is 0 Å². The van der Waals surface area contributed by atoms with Crippen LogP contribution in [0.25, 0.3) is 0 Å². The molecule has 208 valence electrons. The van der Waals surface area contributed by atoms with Crippen LogP contribution in [0.5, 0.6) is 5.75 Å². The average molecular weight is 558 g/mol. The van der Waals surface area contributed by atoms with Crippen LogP contribution < -0.4 is 10.1 Å². The number of nitrogens with one attached hydrogen (secondary N) is 1. The summed E-state index contributed by atoms with van der Waals surface area (Å²) in [6.07, 6.45) is 1.69. The van der Waals surface area contributed by atoms with Gasteiger partial charge in [-0.25, -0.2) is 8.42 Å². The van der Waals surface area contributed by atoms with Crippen molar-refractivity contribution in [2.75, 3.05) is 72.7 Å². The lowest BCUT2D eigenvalue weighted by molar-refractivity contribution is -0.118. The van der Waals surface area contributed by atoms with Gasteiger partial charge in [0.15, 0.2) is 0 Å². The maximum atomic E-state index is 13.6. The molecule has 0 aliphatic carbocycles. The number of ether oxygens (including phenoxy) is 1. The first kappa shape index (κ1) is 29.7. The molecular formula is C25H40ClN5O5S. The number of nitrogens with zero attached hydrogens (tertiary/aromatic N) is 4. The first-order valence-corrected chi connectivity index (χ1v) is 14.3. The fraction of sp³-hybridized carbons (Fsp3) is 0.640. The minimum atomic E-state index is -3.71. The van der Waals surface area contributed by atoms with Crippen molar-refractivity contribution in [2.45, 2.75) is 37.6 Å². The topological polar surface area (TPSA) is 106 Å². The van der Waals surface area contributed by atoms with Gasteiger partial charge in [-0.3, -0.25) is 9.69 Å². The minimum Gasteiger partial charge on any atom is -0.494 e. The highest BCUT2D eigenvalue weighted by Crippen LogP contribution is 2.39. The summed E-state index contributed by atoms with van der Waals surface area (Å²) in [6, 6.07) is 4.55. The van der Waals surface area contributed by atoms with Crippen molar-refractivity contribution in [3.05, 3.63) is 35.0 Å². The van der Waals surface area contributed by atoms with Gasteiger partial charge in [0.2, 0.25) is 10.0 Å². The minimum absolute atomic E-state index is 0. The van der Waals surface area contributed by atoms with Crippen LogP contribution in [-0.4, -0.2) is 111 Å². The van der Waals surface area contributed by atoms with E-state index in [1.165, 1.54) is 4.31 Å². The van der Waals surface area contributed by atoms with Crippen LogP contribution in [0, 0.1) is 0 Å². The van der Waals surface area contributed by atoms with Crippen molar-refractivity contribution in [3.63, 3.8) is 0 Å². The van der Waals surface area contributed by atoms with E-state index in [0.717, 1.165) is 25.1 Å². The zero-order valence-electron chi connectivity index (χ0n) is 22.0. The first-order valence-electron chi connectivity index (χ1n) is 12.9. The summed E-state index contributed by atoms with van der Waals surface area (Å²) in [5.74, 6) is 0.447. The fourth-order valence-electron chi connectivity index (χ4n) is 5.38. The van der Waals surface area contributed by atoms with Crippen molar-refractivity contribution in [1.82, 2.24) is 24.3 Å². The third-order valence-corrected chi connectivity index (χ3v) is 8.96. The summed E-state index contributed by atoms with van der Waals surface area (Å²) in [6.45, 7) is 9.69. The molecule has 2 N–H and O–H groups in total. The number of carbonyl (C=O) groups excluding carboxylic acids is 1. The van der Waals surface area contributed by atoms with Crippen LogP contribution in [0.3, 0.4) is 0 Å². The van der Waals surface area contributed by atoms with E-state index >= 15 is 0 Å². The summed E-state index contributed by atoms with van der Waals surface area (Å²) < 4.78 is 34.6. The molecule has 1 aromatic carbocycles. The Morgan fingerprint density at radius 1 is 1.11 bits per heavy atom. The summed E-state index contributed by atoms with van der Waals surface area (Å²) >= 11 is 0. The van der Waals surface area contributed by atoms with Crippen molar-refractivity contribution in [2.24, 2.45) is 0 Å². The molecule has 1 fully saturated rings. The zero-order valence-corrected chi connectivity index (χ0v) is 23.6. The molecule has 0 aromatic heterocycles. The number of halogens is 1. The van der Waals surface area contributed by atoms with Gasteiger partial charge in [-0.05, 0) is 50.1 Å². The van der Waals surface area contributed by atoms with Crippen molar-refractivity contribution >= 4 is 28.3 Å². The standard InChI is InChI=1S/C25H39N5O5S.ClH/c1-4-9-29-17-21-23(26-25(32)24(21)27(3)18-29)20-16-19(7-8-22(20)35-5-2)36(33,34)30-13-11-28(12-14-30)10-6-15-31;/h7-8,16,23,31H,4-6,9-15,17-18H2,1-3H3,(H,26,32);1H. The third kappa shape index (κ3) is 6.23. The second-order valence-electron chi connectivity index (χ2n) is 9.63. The second-order valence-corrected chi connectivity index (χ2v) is 11.6. The van der Waals surface area contributed by atoms with Crippen LogP contribution in [0.4, 0.5) is 0 Å². The molecule has 1 amide bonds. The summed E-state index contributed by atoms with van der Waals surface area (Å²) in [7, 11) is -1.79. The molecule has 1 aromatic rings. The number of likely N-dealkylation sites (N-methyl/N-ethyl adjacent to an activating group) is 1. The Balaban J connectivity index is 0.00000380. The molecular weight excluding hydrogens is 518 g/mol. The molecule has 0 saturated carbocycles. The monoisotopic (exact) mass is 557 g/mol. The van der Waals surface area contributed by atoms with E-state index < -0.39 is 16.1 Å². The highest BCUT2D eigenvalue weighted by atomic mass is 35.5. The number of aliphatic hydroxyl groups excluding tert-OH is 1. The number of sulfonamides is 1. The maximum absolute atomic E-state index is 13.6. The van der Waals surface area contributed by atoms with Gasteiger partial charge in [0.1, 0.15) is 11.4 Å². The number of hydrogen-bond acceptors (Lipinski definition) is 8. The fourth-order valence-corrected chi connectivity index (χ4v) is 6.84. The molecule has 3 aliphatic rings. The van der Waals surface area contributed by atoms with Gasteiger partial charge in [0.05, 0.1) is 24.2 Å². The van der Waals surface area contributed by atoms with Gasteiger partial charge in [-0.2, -0.15) is 4.31 Å². The normalized spacial score (nSPS) is 21.6. The van der Waals surface area contributed by atoms with Crippen LogP contribution in [0.1, 0.15) is 38.3 Å². The molecule has 0 bridgehead atoms. The summed E-state index contributed by atoms with van der Waals surface area (Å²) in [4.78, 5) is 19.6.